The third kappa shape index (κ3) is 2.70. The van der Waals surface area contributed by atoms with Gasteiger partial charge in [0.2, 0.25) is 0 Å². The fraction of sp³-hybridized carbons (Fsp3) is 0.125. The van der Waals surface area contributed by atoms with Gasteiger partial charge in [-0.25, -0.2) is 4.79 Å². The van der Waals surface area contributed by atoms with Crippen LogP contribution in [0.15, 0.2) is 21.1 Å². The molecule has 0 atom stereocenters. The van der Waals surface area contributed by atoms with Crippen molar-refractivity contribution >= 4 is 43.6 Å². The molecule has 0 aliphatic carbocycles. The molecule has 13 heavy (non-hydrogen) atoms. The Morgan fingerprint density at radius 3 is 2.54 bits per heavy atom. The van der Waals surface area contributed by atoms with E-state index in [1.165, 1.54) is 0 Å². The Kier molecular flexibility index (Phi) is 3.33. The second-order valence-electron chi connectivity index (χ2n) is 2.57. The smallest absolute Gasteiger partial charge is 0.316 e. The normalized spacial score (nSPS) is 9.77. The molecule has 0 fully saturated rings. The van der Waals surface area contributed by atoms with Crippen molar-refractivity contribution in [3.8, 4) is 0 Å². The summed E-state index contributed by atoms with van der Waals surface area (Å²) in [5, 5.41) is 2.54. The molecule has 2 amide bonds. The average molecular weight is 308 g/mol. The van der Waals surface area contributed by atoms with Crippen LogP contribution >= 0.6 is 31.9 Å². The Morgan fingerprint density at radius 1 is 1.46 bits per heavy atom. The van der Waals surface area contributed by atoms with Crippen LogP contribution in [0.5, 0.6) is 0 Å². The molecule has 0 spiro atoms. The van der Waals surface area contributed by atoms with Gasteiger partial charge in [0.25, 0.3) is 0 Å². The Hall–Kier alpha value is -0.550. The highest BCUT2D eigenvalue weighted by Crippen LogP contribution is 2.29. The zero-order chi connectivity index (χ0) is 10.0. The first-order chi connectivity index (χ1) is 6.00. The summed E-state index contributed by atoms with van der Waals surface area (Å²) in [6.45, 7) is 1.89. The molecule has 0 aliphatic heterocycles. The van der Waals surface area contributed by atoms with E-state index in [1.54, 1.807) is 0 Å². The first-order valence-corrected chi connectivity index (χ1v) is 5.11. The standard InChI is InChI=1S/C8H8Br2N2O/c1-4-2-5(9)3-6(10)7(4)12-8(11)13/h2-3H,1H3,(H3,11,12,13). The van der Waals surface area contributed by atoms with Crippen LogP contribution in [0, 0.1) is 6.92 Å². The van der Waals surface area contributed by atoms with E-state index in [9.17, 15) is 4.79 Å². The van der Waals surface area contributed by atoms with Crippen molar-refractivity contribution in [3.05, 3.63) is 26.6 Å². The minimum Gasteiger partial charge on any atom is -0.351 e. The number of primary amides is 1. The molecule has 3 nitrogen and oxygen atoms in total. The number of hydrogen-bond donors (Lipinski definition) is 2. The van der Waals surface area contributed by atoms with Gasteiger partial charge >= 0.3 is 6.03 Å². The van der Waals surface area contributed by atoms with Crippen LogP contribution in [0.2, 0.25) is 0 Å². The van der Waals surface area contributed by atoms with E-state index in [0.29, 0.717) is 5.69 Å². The number of hydrogen-bond acceptors (Lipinski definition) is 1. The first-order valence-electron chi connectivity index (χ1n) is 3.53. The number of urea groups is 1. The van der Waals surface area contributed by atoms with Gasteiger partial charge in [-0.3, -0.25) is 0 Å². The van der Waals surface area contributed by atoms with Gasteiger partial charge < -0.3 is 11.1 Å². The largest absolute Gasteiger partial charge is 0.351 e. The van der Waals surface area contributed by atoms with Gasteiger partial charge in [0.15, 0.2) is 0 Å². The zero-order valence-electron chi connectivity index (χ0n) is 6.90. The van der Waals surface area contributed by atoms with Crippen LogP contribution in [0.4, 0.5) is 10.5 Å². The minimum atomic E-state index is -0.564. The lowest BCUT2D eigenvalue weighted by molar-refractivity contribution is 0.259. The van der Waals surface area contributed by atoms with Gasteiger partial charge in [0, 0.05) is 8.95 Å². The Labute approximate surface area is 92.9 Å². The maximum Gasteiger partial charge on any atom is 0.316 e. The number of nitrogens with one attached hydrogen (secondary N) is 1. The monoisotopic (exact) mass is 306 g/mol. The van der Waals surface area contributed by atoms with Crippen molar-refractivity contribution in [2.75, 3.05) is 5.32 Å². The van der Waals surface area contributed by atoms with E-state index in [0.717, 1.165) is 14.5 Å². The summed E-state index contributed by atoms with van der Waals surface area (Å²) in [4.78, 5) is 10.6. The molecule has 1 aromatic rings. The highest BCUT2D eigenvalue weighted by molar-refractivity contribution is 9.11. The lowest BCUT2D eigenvalue weighted by Crippen LogP contribution is -2.20. The van der Waals surface area contributed by atoms with E-state index in [1.807, 2.05) is 19.1 Å². The lowest BCUT2D eigenvalue weighted by Gasteiger charge is -2.08. The van der Waals surface area contributed by atoms with E-state index >= 15 is 0 Å². The summed E-state index contributed by atoms with van der Waals surface area (Å²) >= 11 is 6.67. The topological polar surface area (TPSA) is 55.1 Å². The highest BCUT2D eigenvalue weighted by Gasteiger charge is 2.06. The SMILES string of the molecule is Cc1cc(Br)cc(Br)c1NC(N)=O. The molecular weight excluding hydrogens is 300 g/mol. The summed E-state index contributed by atoms with van der Waals surface area (Å²) in [6, 6.07) is 3.18. The maximum absolute atomic E-state index is 10.6. The van der Waals surface area contributed by atoms with Crippen molar-refractivity contribution in [1.82, 2.24) is 0 Å². The van der Waals surface area contributed by atoms with Crippen LogP contribution in [-0.2, 0) is 0 Å². The van der Waals surface area contributed by atoms with Gasteiger partial charge in [-0.2, -0.15) is 0 Å². The number of carbonyl (C=O) groups is 1. The lowest BCUT2D eigenvalue weighted by atomic mass is 10.2. The molecule has 1 rings (SSSR count). The van der Waals surface area contributed by atoms with Gasteiger partial charge in [0.05, 0.1) is 5.69 Å². The third-order valence-electron chi connectivity index (χ3n) is 1.50. The second-order valence-corrected chi connectivity index (χ2v) is 4.34. The molecular formula is C8H8Br2N2O. The van der Waals surface area contributed by atoms with Crippen molar-refractivity contribution in [3.63, 3.8) is 0 Å². The van der Waals surface area contributed by atoms with Crippen LogP contribution in [-0.4, -0.2) is 6.03 Å². The molecule has 0 heterocycles. The van der Waals surface area contributed by atoms with E-state index in [-0.39, 0.29) is 0 Å². The fourth-order valence-corrected chi connectivity index (χ4v) is 2.52. The fourth-order valence-electron chi connectivity index (χ4n) is 0.984. The van der Waals surface area contributed by atoms with Gasteiger partial charge in [-0.15, -0.1) is 0 Å². The molecule has 3 N–H and O–H groups in total. The number of anilines is 1. The third-order valence-corrected chi connectivity index (χ3v) is 2.58. The van der Waals surface area contributed by atoms with Crippen molar-refractivity contribution in [2.45, 2.75) is 6.92 Å². The number of halogens is 2. The first kappa shape index (κ1) is 10.5. The molecule has 0 aromatic heterocycles. The molecule has 1 aromatic carbocycles. The van der Waals surface area contributed by atoms with Crippen LogP contribution in [0.3, 0.4) is 0 Å². The predicted octanol–water partition coefficient (Wildman–Crippen LogP) is 3.01. The summed E-state index contributed by atoms with van der Waals surface area (Å²) in [6.07, 6.45) is 0. The number of aryl methyl sites for hydroxylation is 1. The number of nitrogens with two attached hydrogens (primary N) is 1. The zero-order valence-corrected chi connectivity index (χ0v) is 10.1. The van der Waals surface area contributed by atoms with Crippen LogP contribution in [0.25, 0.3) is 0 Å². The minimum absolute atomic E-state index is 0.564. The Balaban J connectivity index is 3.13. The van der Waals surface area contributed by atoms with E-state index in [2.05, 4.69) is 37.2 Å². The molecule has 0 saturated heterocycles. The molecule has 0 radical (unpaired) electrons. The van der Waals surface area contributed by atoms with Gasteiger partial charge in [0.1, 0.15) is 0 Å². The van der Waals surface area contributed by atoms with Crippen LogP contribution in [0.1, 0.15) is 5.56 Å². The van der Waals surface area contributed by atoms with E-state index < -0.39 is 6.03 Å². The quantitative estimate of drug-likeness (QED) is 0.823. The average Bonchev–Trinajstić information content (AvgIpc) is 1.96. The van der Waals surface area contributed by atoms with Crippen molar-refractivity contribution in [1.29, 1.82) is 0 Å². The molecule has 70 valence electrons. The summed E-state index contributed by atoms with van der Waals surface area (Å²) in [5.41, 5.74) is 6.67. The predicted molar refractivity (Wildman–Crippen MR) is 59.8 cm³/mol. The molecule has 5 heteroatoms. The molecule has 0 aliphatic rings. The van der Waals surface area contributed by atoms with Crippen molar-refractivity contribution in [2.24, 2.45) is 5.73 Å². The number of amides is 2. The summed E-state index contributed by atoms with van der Waals surface area (Å²) in [7, 11) is 0. The summed E-state index contributed by atoms with van der Waals surface area (Å²) in [5.74, 6) is 0. The Bertz CT molecular complexity index is 329. The number of rotatable bonds is 1. The van der Waals surface area contributed by atoms with Crippen LogP contribution < -0.4 is 11.1 Å². The number of carbonyl (C=O) groups excluding carboxylic acids is 1. The summed E-state index contributed by atoms with van der Waals surface area (Å²) < 4.78 is 1.75. The molecule has 0 bridgehead atoms. The van der Waals surface area contributed by atoms with Crippen molar-refractivity contribution < 1.29 is 4.79 Å². The molecule has 0 saturated carbocycles. The Morgan fingerprint density at radius 2 is 2.08 bits per heavy atom. The second kappa shape index (κ2) is 4.11. The maximum atomic E-state index is 10.6. The van der Waals surface area contributed by atoms with E-state index in [4.69, 9.17) is 5.73 Å². The van der Waals surface area contributed by atoms with Gasteiger partial charge in [-0.05, 0) is 40.5 Å². The number of benzene rings is 1. The van der Waals surface area contributed by atoms with Gasteiger partial charge in [-0.1, -0.05) is 15.9 Å². The highest BCUT2D eigenvalue weighted by atomic mass is 79.9. The molecule has 0 unspecified atom stereocenters.